The van der Waals surface area contributed by atoms with Crippen LogP contribution in [-0.2, 0) is 23.8 Å². The van der Waals surface area contributed by atoms with Gasteiger partial charge in [-0.15, -0.1) is 0 Å². The SMILES string of the molecule is CNS(=O)(=O)c1ccc(S(=O)(=O)Cl)c(C(=O)OC)c1. The third-order valence-corrected chi connectivity index (χ3v) is 4.99. The van der Waals surface area contributed by atoms with E-state index in [1.807, 2.05) is 4.72 Å². The molecule has 0 spiro atoms. The van der Waals surface area contributed by atoms with Crippen LogP contribution in [0.5, 0.6) is 0 Å². The fourth-order valence-corrected chi connectivity index (χ4v) is 3.07. The molecule has 1 aromatic carbocycles. The number of carbonyl (C=O) groups is 1. The van der Waals surface area contributed by atoms with Crippen molar-refractivity contribution in [3.63, 3.8) is 0 Å². The van der Waals surface area contributed by atoms with Crippen molar-refractivity contribution in [2.75, 3.05) is 14.2 Å². The van der Waals surface area contributed by atoms with Gasteiger partial charge in [-0.3, -0.25) is 0 Å². The van der Waals surface area contributed by atoms with E-state index in [0.717, 1.165) is 25.3 Å². The van der Waals surface area contributed by atoms with Gasteiger partial charge in [-0.2, -0.15) is 0 Å². The number of halogens is 1. The summed E-state index contributed by atoms with van der Waals surface area (Å²) >= 11 is 0. The van der Waals surface area contributed by atoms with Crippen molar-refractivity contribution in [3.8, 4) is 0 Å². The minimum atomic E-state index is -4.20. The van der Waals surface area contributed by atoms with Gasteiger partial charge < -0.3 is 4.74 Å². The predicted octanol–water partition coefficient (Wildman–Crippen LogP) is 0.309. The summed E-state index contributed by atoms with van der Waals surface area (Å²) in [6.07, 6.45) is 0. The highest BCUT2D eigenvalue weighted by Gasteiger charge is 2.24. The van der Waals surface area contributed by atoms with Crippen molar-refractivity contribution in [2.45, 2.75) is 9.79 Å². The molecule has 106 valence electrons. The van der Waals surface area contributed by atoms with Crippen LogP contribution in [0, 0.1) is 0 Å². The average Bonchev–Trinajstić information content (AvgIpc) is 2.36. The second-order valence-corrected chi connectivity index (χ2v) is 7.72. The number of rotatable bonds is 4. The Hall–Kier alpha value is -1.16. The Labute approximate surface area is 115 Å². The molecule has 0 heterocycles. The molecular formula is C9H10ClNO6S2. The van der Waals surface area contributed by atoms with Crippen molar-refractivity contribution >= 4 is 35.7 Å². The molecule has 7 nitrogen and oxygen atoms in total. The van der Waals surface area contributed by atoms with Gasteiger partial charge in [-0.05, 0) is 25.2 Å². The van der Waals surface area contributed by atoms with Crippen LogP contribution in [0.3, 0.4) is 0 Å². The summed E-state index contributed by atoms with van der Waals surface area (Å²) in [5.74, 6) is -1.01. The molecule has 0 aromatic heterocycles. The number of methoxy groups -OCH3 is 1. The zero-order valence-electron chi connectivity index (χ0n) is 9.88. The Morgan fingerprint density at radius 1 is 1.26 bits per heavy atom. The maximum absolute atomic E-state index is 11.6. The highest BCUT2D eigenvalue weighted by molar-refractivity contribution is 8.13. The van der Waals surface area contributed by atoms with Crippen LogP contribution in [0.4, 0.5) is 0 Å². The first-order valence-corrected chi connectivity index (χ1v) is 8.53. The van der Waals surface area contributed by atoms with Gasteiger partial charge in [0.05, 0.1) is 22.5 Å². The fourth-order valence-electron chi connectivity index (χ4n) is 1.28. The van der Waals surface area contributed by atoms with Crippen LogP contribution in [-0.4, -0.2) is 37.0 Å². The zero-order chi connectivity index (χ0) is 14.8. The molecule has 0 aliphatic carbocycles. The molecule has 0 unspecified atom stereocenters. The van der Waals surface area contributed by atoms with Gasteiger partial charge in [0.15, 0.2) is 0 Å². The van der Waals surface area contributed by atoms with Crippen molar-refractivity contribution < 1.29 is 26.4 Å². The van der Waals surface area contributed by atoms with Crippen molar-refractivity contribution in [1.29, 1.82) is 0 Å². The number of sulfonamides is 1. The molecule has 0 radical (unpaired) electrons. The topological polar surface area (TPSA) is 107 Å². The first-order valence-electron chi connectivity index (χ1n) is 4.74. The second-order valence-electron chi connectivity index (χ2n) is 3.29. The van der Waals surface area contributed by atoms with Crippen molar-refractivity contribution in [3.05, 3.63) is 23.8 Å². The molecule has 0 aliphatic rings. The average molecular weight is 328 g/mol. The van der Waals surface area contributed by atoms with E-state index in [1.54, 1.807) is 0 Å². The molecule has 1 aromatic rings. The predicted molar refractivity (Wildman–Crippen MR) is 67.1 cm³/mol. The largest absolute Gasteiger partial charge is 0.465 e. The molecule has 0 saturated heterocycles. The van der Waals surface area contributed by atoms with Crippen molar-refractivity contribution in [1.82, 2.24) is 4.72 Å². The van der Waals surface area contributed by atoms with Gasteiger partial charge in [0.25, 0.3) is 9.05 Å². The summed E-state index contributed by atoms with van der Waals surface area (Å²) in [6, 6.07) is 2.83. The lowest BCUT2D eigenvalue weighted by Crippen LogP contribution is -2.19. The Balaban J connectivity index is 3.63. The Bertz CT molecular complexity index is 710. The van der Waals surface area contributed by atoms with Crippen LogP contribution >= 0.6 is 10.7 Å². The molecule has 1 N–H and O–H groups in total. The van der Waals surface area contributed by atoms with Gasteiger partial charge >= 0.3 is 5.97 Å². The highest BCUT2D eigenvalue weighted by atomic mass is 35.7. The van der Waals surface area contributed by atoms with Crippen LogP contribution in [0.2, 0.25) is 0 Å². The van der Waals surface area contributed by atoms with Gasteiger partial charge in [-0.1, -0.05) is 0 Å². The van der Waals surface area contributed by atoms with E-state index in [2.05, 4.69) is 4.74 Å². The molecule has 0 fully saturated rings. The highest BCUT2D eigenvalue weighted by Crippen LogP contribution is 2.24. The van der Waals surface area contributed by atoms with E-state index in [4.69, 9.17) is 10.7 Å². The molecule has 0 atom stereocenters. The molecule has 19 heavy (non-hydrogen) atoms. The van der Waals surface area contributed by atoms with E-state index in [9.17, 15) is 21.6 Å². The van der Waals surface area contributed by atoms with Gasteiger partial charge in [0, 0.05) is 10.7 Å². The van der Waals surface area contributed by atoms with Gasteiger partial charge in [0.1, 0.15) is 0 Å². The first-order chi connectivity index (χ1) is 8.63. The van der Waals surface area contributed by atoms with Crippen LogP contribution < -0.4 is 4.72 Å². The number of carbonyl (C=O) groups excluding carboxylic acids is 1. The fraction of sp³-hybridized carbons (Fsp3) is 0.222. The molecule has 0 amide bonds. The number of nitrogens with one attached hydrogen (secondary N) is 1. The maximum Gasteiger partial charge on any atom is 0.339 e. The van der Waals surface area contributed by atoms with Gasteiger partial charge in [0.2, 0.25) is 10.0 Å². The minimum Gasteiger partial charge on any atom is -0.465 e. The lowest BCUT2D eigenvalue weighted by Gasteiger charge is -2.08. The molecular weight excluding hydrogens is 318 g/mol. The lowest BCUT2D eigenvalue weighted by atomic mass is 10.2. The van der Waals surface area contributed by atoms with E-state index >= 15 is 0 Å². The van der Waals surface area contributed by atoms with Crippen LogP contribution in [0.1, 0.15) is 10.4 Å². The molecule has 0 aliphatic heterocycles. The molecule has 0 bridgehead atoms. The lowest BCUT2D eigenvalue weighted by molar-refractivity contribution is 0.0596. The summed E-state index contributed by atoms with van der Waals surface area (Å²) < 4.78 is 52.2. The second kappa shape index (κ2) is 5.45. The van der Waals surface area contributed by atoms with Crippen molar-refractivity contribution in [2.24, 2.45) is 0 Å². The molecule has 10 heteroatoms. The number of hydrogen-bond donors (Lipinski definition) is 1. The van der Waals surface area contributed by atoms with E-state index in [-0.39, 0.29) is 4.90 Å². The summed E-state index contributed by atoms with van der Waals surface area (Å²) in [5, 5.41) is 0. The van der Waals surface area contributed by atoms with E-state index in [1.165, 1.54) is 7.05 Å². The van der Waals surface area contributed by atoms with Gasteiger partial charge in [-0.25, -0.2) is 26.4 Å². The number of esters is 1. The first kappa shape index (κ1) is 15.9. The number of ether oxygens (including phenoxy) is 1. The maximum atomic E-state index is 11.6. The monoisotopic (exact) mass is 327 g/mol. The van der Waals surface area contributed by atoms with E-state index < -0.39 is 35.5 Å². The van der Waals surface area contributed by atoms with E-state index in [0.29, 0.717) is 0 Å². The summed E-state index contributed by atoms with van der Waals surface area (Å²) in [6.45, 7) is 0. The van der Waals surface area contributed by atoms with Crippen LogP contribution in [0.25, 0.3) is 0 Å². The minimum absolute atomic E-state index is 0.278. The standard InChI is InChI=1S/C9H10ClNO6S2/c1-11-19(15,16)6-3-4-8(18(10,13)14)7(5-6)9(12)17-2/h3-5,11H,1-2H3. The normalized spacial score (nSPS) is 12.2. The third-order valence-electron chi connectivity index (χ3n) is 2.20. The third kappa shape index (κ3) is 3.44. The van der Waals surface area contributed by atoms with Crippen LogP contribution in [0.15, 0.2) is 28.0 Å². The molecule has 0 saturated carbocycles. The number of hydrogen-bond acceptors (Lipinski definition) is 6. The zero-order valence-corrected chi connectivity index (χ0v) is 12.3. The Morgan fingerprint density at radius 3 is 2.26 bits per heavy atom. The quantitative estimate of drug-likeness (QED) is 0.630. The Morgan fingerprint density at radius 2 is 1.84 bits per heavy atom. The smallest absolute Gasteiger partial charge is 0.339 e. The Kier molecular flexibility index (Phi) is 4.56. The molecule has 1 rings (SSSR count). The summed E-state index contributed by atoms with van der Waals surface area (Å²) in [5.41, 5.74) is -0.450. The summed E-state index contributed by atoms with van der Waals surface area (Å²) in [7, 11) is -0.643. The number of benzene rings is 1. The summed E-state index contributed by atoms with van der Waals surface area (Å²) in [4.78, 5) is 10.7.